The largest absolute Gasteiger partial charge is 0.387 e. The van der Waals surface area contributed by atoms with Gasteiger partial charge < -0.3 is 15.3 Å². The predicted octanol–water partition coefficient (Wildman–Crippen LogP) is 1.56. The minimum absolute atomic E-state index is 0.00606. The first-order chi connectivity index (χ1) is 14.8. The lowest BCUT2D eigenvalue weighted by Crippen LogP contribution is -2.52. The number of piperidine rings is 1. The number of aliphatic hydroxyl groups excluding tert-OH is 1. The summed E-state index contributed by atoms with van der Waals surface area (Å²) in [5, 5.41) is 15.7. The van der Waals surface area contributed by atoms with Gasteiger partial charge in [-0.3, -0.25) is 24.5 Å². The molecule has 0 bridgehead atoms. The van der Waals surface area contributed by atoms with Gasteiger partial charge in [0.2, 0.25) is 11.8 Å². The molecule has 2 aliphatic rings. The maximum Gasteiger partial charge on any atom is 0.255 e. The average molecular weight is 442 g/mol. The Morgan fingerprint density at radius 1 is 1.19 bits per heavy atom. The molecule has 2 heterocycles. The average Bonchev–Trinajstić information content (AvgIpc) is 3.08. The van der Waals surface area contributed by atoms with Crippen molar-refractivity contribution in [3.63, 3.8) is 0 Å². The third kappa shape index (κ3) is 4.30. The number of fused-ring (bicyclic) bond motifs is 1. The molecule has 0 saturated carbocycles. The molecule has 160 valence electrons. The van der Waals surface area contributed by atoms with Crippen LogP contribution in [0.2, 0.25) is 5.02 Å². The van der Waals surface area contributed by atoms with Crippen molar-refractivity contribution in [2.24, 2.45) is 0 Å². The van der Waals surface area contributed by atoms with Crippen LogP contribution in [0.5, 0.6) is 0 Å². The Morgan fingerprint density at radius 3 is 2.65 bits per heavy atom. The second-order valence-corrected chi connectivity index (χ2v) is 7.99. The van der Waals surface area contributed by atoms with Crippen LogP contribution >= 0.6 is 11.6 Å². The zero-order chi connectivity index (χ0) is 22.1. The molecule has 2 aliphatic heterocycles. The predicted molar refractivity (Wildman–Crippen MR) is 111 cm³/mol. The third-order valence-electron chi connectivity index (χ3n) is 5.50. The van der Waals surface area contributed by atoms with Gasteiger partial charge in [-0.2, -0.15) is 0 Å². The Labute approximate surface area is 183 Å². The van der Waals surface area contributed by atoms with E-state index < -0.39 is 24.0 Å². The number of hydrogen-bond donors (Lipinski definition) is 3. The van der Waals surface area contributed by atoms with Gasteiger partial charge in [0.15, 0.2) is 0 Å². The van der Waals surface area contributed by atoms with Crippen molar-refractivity contribution in [3.8, 4) is 0 Å². The summed E-state index contributed by atoms with van der Waals surface area (Å²) in [6.45, 7) is 0.242. The van der Waals surface area contributed by atoms with Gasteiger partial charge in [0.25, 0.3) is 11.8 Å². The quantitative estimate of drug-likeness (QED) is 0.609. The van der Waals surface area contributed by atoms with E-state index in [0.29, 0.717) is 21.7 Å². The fourth-order valence-electron chi connectivity index (χ4n) is 3.79. The van der Waals surface area contributed by atoms with E-state index in [4.69, 9.17) is 11.6 Å². The lowest BCUT2D eigenvalue weighted by Gasteiger charge is -2.29. The highest BCUT2D eigenvalue weighted by atomic mass is 35.5. The Morgan fingerprint density at radius 2 is 1.94 bits per heavy atom. The standard InChI is InChI=1S/C22H20ClN3O5/c23-15-5-3-12(4-6-15)18(27)10-24-20(29)13-1-2-14-11-26(22(31)16(14)9-13)17-7-8-19(28)25-21(17)30/h1-6,9,17-18,27H,7-8,10-11H2,(H,24,29)(H,25,28,30). The van der Waals surface area contributed by atoms with E-state index in [2.05, 4.69) is 10.6 Å². The highest BCUT2D eigenvalue weighted by Gasteiger charge is 2.39. The zero-order valence-electron chi connectivity index (χ0n) is 16.4. The Bertz CT molecular complexity index is 1070. The number of rotatable bonds is 5. The van der Waals surface area contributed by atoms with Gasteiger partial charge in [0, 0.05) is 35.7 Å². The molecule has 9 heteroatoms. The number of imide groups is 1. The molecule has 1 saturated heterocycles. The summed E-state index contributed by atoms with van der Waals surface area (Å²) in [5.74, 6) is -1.60. The van der Waals surface area contributed by atoms with Crippen molar-refractivity contribution < 1.29 is 24.3 Å². The topological polar surface area (TPSA) is 116 Å². The maximum absolute atomic E-state index is 12.9. The molecule has 0 aliphatic carbocycles. The number of carbonyl (C=O) groups excluding carboxylic acids is 4. The fourth-order valence-corrected chi connectivity index (χ4v) is 3.92. The summed E-state index contributed by atoms with van der Waals surface area (Å²) < 4.78 is 0. The van der Waals surface area contributed by atoms with Gasteiger partial charge in [-0.25, -0.2) is 0 Å². The first-order valence-electron chi connectivity index (χ1n) is 9.83. The van der Waals surface area contributed by atoms with Crippen LogP contribution in [0.4, 0.5) is 0 Å². The first-order valence-corrected chi connectivity index (χ1v) is 10.2. The van der Waals surface area contributed by atoms with Crippen LogP contribution in [0.15, 0.2) is 42.5 Å². The number of halogens is 1. The smallest absolute Gasteiger partial charge is 0.255 e. The van der Waals surface area contributed by atoms with Gasteiger partial charge >= 0.3 is 0 Å². The summed E-state index contributed by atoms with van der Waals surface area (Å²) in [6.07, 6.45) is -0.444. The number of benzene rings is 2. The van der Waals surface area contributed by atoms with Crippen LogP contribution in [0, 0.1) is 0 Å². The molecule has 31 heavy (non-hydrogen) atoms. The van der Waals surface area contributed by atoms with E-state index in [1.165, 1.54) is 11.0 Å². The van der Waals surface area contributed by atoms with Gasteiger partial charge in [0.05, 0.1) is 6.10 Å². The molecule has 0 radical (unpaired) electrons. The van der Waals surface area contributed by atoms with Crippen LogP contribution in [0.1, 0.15) is 50.8 Å². The highest BCUT2D eigenvalue weighted by Crippen LogP contribution is 2.28. The lowest BCUT2D eigenvalue weighted by molar-refractivity contribution is -0.136. The number of amides is 4. The Kier molecular flexibility index (Phi) is 5.75. The minimum atomic E-state index is -0.903. The first kappa shape index (κ1) is 21.0. The molecular formula is C22H20ClN3O5. The molecule has 2 unspecified atom stereocenters. The molecule has 4 amide bonds. The molecule has 2 aromatic carbocycles. The van der Waals surface area contributed by atoms with Gasteiger partial charge in [-0.1, -0.05) is 29.8 Å². The second-order valence-electron chi connectivity index (χ2n) is 7.55. The Hall–Kier alpha value is -3.23. The molecule has 3 N–H and O–H groups in total. The van der Waals surface area contributed by atoms with Crippen LogP contribution in [-0.4, -0.2) is 46.2 Å². The minimum Gasteiger partial charge on any atom is -0.387 e. The van der Waals surface area contributed by atoms with Crippen molar-refractivity contribution in [1.29, 1.82) is 0 Å². The fraction of sp³-hybridized carbons (Fsp3) is 0.273. The molecule has 2 aromatic rings. The van der Waals surface area contributed by atoms with Gasteiger partial charge in [-0.15, -0.1) is 0 Å². The van der Waals surface area contributed by atoms with Crippen LogP contribution in [0.25, 0.3) is 0 Å². The summed E-state index contributed by atoms with van der Waals surface area (Å²) in [7, 11) is 0. The molecule has 4 rings (SSSR count). The van der Waals surface area contributed by atoms with E-state index in [-0.39, 0.29) is 43.3 Å². The summed E-state index contributed by atoms with van der Waals surface area (Å²) in [4.78, 5) is 50.3. The van der Waals surface area contributed by atoms with Crippen molar-refractivity contribution >= 4 is 35.2 Å². The number of carbonyl (C=O) groups is 4. The SMILES string of the molecule is O=C1CCC(N2Cc3ccc(C(=O)NCC(O)c4ccc(Cl)cc4)cc3C2=O)C(=O)N1. The van der Waals surface area contributed by atoms with Crippen LogP contribution < -0.4 is 10.6 Å². The Balaban J connectivity index is 1.42. The van der Waals surface area contributed by atoms with Crippen molar-refractivity contribution in [2.75, 3.05) is 6.54 Å². The summed E-state index contributed by atoms with van der Waals surface area (Å²) in [5.41, 5.74) is 1.97. The van der Waals surface area contributed by atoms with Crippen LogP contribution in [-0.2, 0) is 16.1 Å². The van der Waals surface area contributed by atoms with Crippen LogP contribution in [0.3, 0.4) is 0 Å². The molecule has 0 aromatic heterocycles. The summed E-state index contributed by atoms with van der Waals surface area (Å²) in [6, 6.07) is 10.7. The van der Waals surface area contributed by atoms with Gasteiger partial charge in [-0.05, 0) is 41.8 Å². The number of hydrogen-bond acceptors (Lipinski definition) is 5. The monoisotopic (exact) mass is 441 g/mol. The van der Waals surface area contributed by atoms with E-state index >= 15 is 0 Å². The van der Waals surface area contributed by atoms with E-state index in [0.717, 1.165) is 0 Å². The molecular weight excluding hydrogens is 422 g/mol. The summed E-state index contributed by atoms with van der Waals surface area (Å²) >= 11 is 5.84. The van der Waals surface area contributed by atoms with E-state index in [9.17, 15) is 24.3 Å². The number of nitrogens with zero attached hydrogens (tertiary/aromatic N) is 1. The zero-order valence-corrected chi connectivity index (χ0v) is 17.2. The third-order valence-corrected chi connectivity index (χ3v) is 5.75. The van der Waals surface area contributed by atoms with Crippen molar-refractivity contribution in [2.45, 2.75) is 31.5 Å². The van der Waals surface area contributed by atoms with Gasteiger partial charge in [0.1, 0.15) is 6.04 Å². The van der Waals surface area contributed by atoms with Crippen molar-refractivity contribution in [1.82, 2.24) is 15.5 Å². The normalized spacial score (nSPS) is 19.1. The molecule has 2 atom stereocenters. The van der Waals surface area contributed by atoms with E-state index in [1.807, 2.05) is 0 Å². The van der Waals surface area contributed by atoms with Crippen molar-refractivity contribution in [3.05, 3.63) is 69.7 Å². The second kappa shape index (κ2) is 8.49. The molecule has 8 nitrogen and oxygen atoms in total. The molecule has 1 fully saturated rings. The van der Waals surface area contributed by atoms with E-state index in [1.54, 1.807) is 36.4 Å². The highest BCUT2D eigenvalue weighted by molar-refractivity contribution is 6.30. The number of nitrogens with one attached hydrogen (secondary N) is 2. The molecule has 0 spiro atoms. The maximum atomic E-state index is 12.9. The lowest BCUT2D eigenvalue weighted by atomic mass is 10.0. The number of aliphatic hydroxyl groups is 1.